The summed E-state index contributed by atoms with van der Waals surface area (Å²) in [6.45, 7) is 7.15. The van der Waals surface area contributed by atoms with Crippen molar-refractivity contribution in [1.29, 1.82) is 0 Å². The van der Waals surface area contributed by atoms with E-state index in [4.69, 9.17) is 16.3 Å². The van der Waals surface area contributed by atoms with E-state index < -0.39 is 9.84 Å². The Morgan fingerprint density at radius 2 is 1.72 bits per heavy atom. The summed E-state index contributed by atoms with van der Waals surface area (Å²) >= 11 is 6.41. The van der Waals surface area contributed by atoms with Gasteiger partial charge in [-0.3, -0.25) is 14.5 Å². The van der Waals surface area contributed by atoms with Crippen molar-refractivity contribution in [3.8, 4) is 5.75 Å². The van der Waals surface area contributed by atoms with Gasteiger partial charge in [0.2, 0.25) is 5.95 Å². The smallest absolute Gasteiger partial charge is 0.261 e. The van der Waals surface area contributed by atoms with Crippen molar-refractivity contribution in [1.82, 2.24) is 19.8 Å². The Hall–Kier alpha value is -3.74. The topological polar surface area (TPSA) is 134 Å². The van der Waals surface area contributed by atoms with Crippen LogP contribution >= 0.6 is 11.6 Å². The normalized spacial score (nSPS) is 16.1. The molecule has 2 aromatic carbocycles. The van der Waals surface area contributed by atoms with Gasteiger partial charge in [0.25, 0.3) is 11.8 Å². The van der Waals surface area contributed by atoms with Gasteiger partial charge in [-0.05, 0) is 77.5 Å². The molecule has 5 rings (SSSR count). The fourth-order valence-electron chi connectivity index (χ4n) is 5.30. The Bertz CT molecular complexity index is 1660. The van der Waals surface area contributed by atoms with Crippen LogP contribution in [0, 0.1) is 0 Å². The molecule has 0 aliphatic carbocycles. The third kappa shape index (κ3) is 6.46. The molecular formula is C30H35ClN6O5S. The molecule has 1 fully saturated rings. The minimum atomic E-state index is -3.53. The maximum absolute atomic E-state index is 13.5. The highest BCUT2D eigenvalue weighted by atomic mass is 35.5. The number of rotatable bonds is 10. The number of fused-ring (bicyclic) bond motifs is 1. The van der Waals surface area contributed by atoms with Gasteiger partial charge < -0.3 is 20.3 Å². The predicted molar refractivity (Wildman–Crippen MR) is 166 cm³/mol. The van der Waals surface area contributed by atoms with Gasteiger partial charge in [-0.15, -0.1) is 0 Å². The molecule has 0 bridgehead atoms. The van der Waals surface area contributed by atoms with Gasteiger partial charge in [-0.1, -0.05) is 30.7 Å². The third-order valence-electron chi connectivity index (χ3n) is 7.37. The molecule has 0 atom stereocenters. The van der Waals surface area contributed by atoms with E-state index in [1.165, 1.54) is 17.2 Å². The number of likely N-dealkylation sites (tertiary alicyclic amines) is 1. The minimum Gasteiger partial charge on any atom is -0.489 e. The second kappa shape index (κ2) is 12.5. The van der Waals surface area contributed by atoms with E-state index >= 15 is 0 Å². The number of hydrogen-bond donors (Lipinski definition) is 2. The molecule has 2 aliphatic heterocycles. The van der Waals surface area contributed by atoms with E-state index in [1.54, 1.807) is 37.3 Å². The van der Waals surface area contributed by atoms with Crippen molar-refractivity contribution in [2.75, 3.05) is 36.5 Å². The zero-order valence-corrected chi connectivity index (χ0v) is 26.1. The number of anilines is 4. The van der Waals surface area contributed by atoms with Crippen molar-refractivity contribution < 1.29 is 22.7 Å². The summed E-state index contributed by atoms with van der Waals surface area (Å²) in [6, 6.07) is 9.58. The first-order chi connectivity index (χ1) is 20.5. The van der Waals surface area contributed by atoms with E-state index in [1.807, 2.05) is 20.9 Å². The van der Waals surface area contributed by atoms with Crippen molar-refractivity contribution in [3.63, 3.8) is 0 Å². The average molecular weight is 627 g/mol. The average Bonchev–Trinajstić information content (AvgIpc) is 3.19. The first-order valence-electron chi connectivity index (χ1n) is 14.3. The van der Waals surface area contributed by atoms with Crippen molar-refractivity contribution in [2.45, 2.75) is 57.1 Å². The maximum Gasteiger partial charge on any atom is 0.261 e. The largest absolute Gasteiger partial charge is 0.489 e. The third-order valence-corrected chi connectivity index (χ3v) is 9.62. The van der Waals surface area contributed by atoms with E-state index in [2.05, 4.69) is 25.5 Å². The standard InChI is InChI=1S/C30H35ClN6O5S/c1-5-14-43(40,41)26-9-7-6-8-23(26)33-27-22(31)17-32-30(35-27)34-24-15-20-21(16-25(24)42-18(2)3)29(39)37(28(20)38)19-10-12-36(4)13-11-19/h6-9,15-19H,5,10-14H2,1-4H3,(H2,32,33,34,35). The number of hydrogen-bond acceptors (Lipinski definition) is 10. The molecule has 43 heavy (non-hydrogen) atoms. The molecule has 1 aromatic heterocycles. The number of carbonyl (C=O) groups is 2. The van der Waals surface area contributed by atoms with E-state index in [0.29, 0.717) is 29.1 Å². The highest BCUT2D eigenvalue weighted by Gasteiger charge is 2.41. The predicted octanol–water partition coefficient (Wildman–Crippen LogP) is 5.28. The number of aromatic nitrogens is 2. The van der Waals surface area contributed by atoms with Crippen LogP contribution in [0.25, 0.3) is 0 Å². The number of carbonyl (C=O) groups excluding carboxylic acids is 2. The van der Waals surface area contributed by atoms with Crippen LogP contribution in [-0.2, 0) is 9.84 Å². The zero-order valence-electron chi connectivity index (χ0n) is 24.6. The summed E-state index contributed by atoms with van der Waals surface area (Å²) in [5.74, 6) is 0.0234. The van der Waals surface area contributed by atoms with Crippen LogP contribution in [0.5, 0.6) is 5.75 Å². The van der Waals surface area contributed by atoms with Gasteiger partial charge >= 0.3 is 0 Å². The number of piperidine rings is 1. The lowest BCUT2D eigenvalue weighted by atomic mass is 10.0. The van der Waals surface area contributed by atoms with Crippen molar-refractivity contribution >= 4 is 56.4 Å². The molecule has 3 aromatic rings. The molecule has 0 radical (unpaired) electrons. The first kappa shape index (κ1) is 30.7. The molecule has 3 heterocycles. The van der Waals surface area contributed by atoms with Gasteiger partial charge in [0.15, 0.2) is 15.7 Å². The van der Waals surface area contributed by atoms with Gasteiger partial charge in [0, 0.05) is 6.04 Å². The highest BCUT2D eigenvalue weighted by Crippen LogP contribution is 2.38. The van der Waals surface area contributed by atoms with Crippen molar-refractivity contribution in [2.24, 2.45) is 0 Å². The number of para-hydroxylation sites is 1. The molecule has 1 saturated heterocycles. The Kier molecular flexibility index (Phi) is 8.91. The van der Waals surface area contributed by atoms with Crippen LogP contribution in [0.3, 0.4) is 0 Å². The first-order valence-corrected chi connectivity index (χ1v) is 16.3. The number of halogens is 1. The van der Waals surface area contributed by atoms with Crippen LogP contribution in [-0.4, -0.2) is 78.0 Å². The summed E-state index contributed by atoms with van der Waals surface area (Å²) in [6.07, 6.45) is 3.08. The van der Waals surface area contributed by atoms with E-state index in [9.17, 15) is 18.0 Å². The lowest BCUT2D eigenvalue weighted by molar-refractivity contribution is 0.0516. The van der Waals surface area contributed by atoms with Crippen LogP contribution in [0.4, 0.5) is 23.1 Å². The molecule has 0 spiro atoms. The molecular weight excluding hydrogens is 592 g/mol. The van der Waals surface area contributed by atoms with E-state index in [-0.39, 0.29) is 57.0 Å². The summed E-state index contributed by atoms with van der Waals surface area (Å²) in [5.41, 5.74) is 1.32. The number of ether oxygens (including phenoxy) is 1. The molecule has 2 aliphatic rings. The highest BCUT2D eigenvalue weighted by molar-refractivity contribution is 7.91. The number of nitrogens with one attached hydrogen (secondary N) is 2. The molecule has 13 heteroatoms. The number of imide groups is 1. The quantitative estimate of drug-likeness (QED) is 0.286. The number of benzene rings is 2. The fourth-order valence-corrected chi connectivity index (χ4v) is 6.94. The Morgan fingerprint density at radius 3 is 2.40 bits per heavy atom. The SMILES string of the molecule is CCCS(=O)(=O)c1ccccc1Nc1nc(Nc2cc3c(cc2OC(C)C)C(=O)N(C2CCN(C)CC2)C3=O)ncc1Cl. The van der Waals surface area contributed by atoms with Crippen LogP contribution < -0.4 is 15.4 Å². The summed E-state index contributed by atoms with van der Waals surface area (Å²) in [7, 11) is -1.50. The van der Waals surface area contributed by atoms with Gasteiger partial charge in [-0.25, -0.2) is 13.4 Å². The lowest BCUT2D eigenvalue weighted by Gasteiger charge is -2.33. The van der Waals surface area contributed by atoms with Crippen LogP contribution in [0.2, 0.25) is 5.02 Å². The Balaban J connectivity index is 1.46. The molecule has 11 nitrogen and oxygen atoms in total. The zero-order chi connectivity index (χ0) is 30.9. The molecule has 228 valence electrons. The molecule has 2 N–H and O–H groups in total. The van der Waals surface area contributed by atoms with Crippen molar-refractivity contribution in [3.05, 3.63) is 58.7 Å². The number of sulfone groups is 1. The molecule has 2 amide bonds. The summed E-state index contributed by atoms with van der Waals surface area (Å²) < 4.78 is 31.7. The second-order valence-electron chi connectivity index (χ2n) is 11.0. The lowest BCUT2D eigenvalue weighted by Crippen LogP contribution is -2.46. The molecule has 0 saturated carbocycles. The second-order valence-corrected chi connectivity index (χ2v) is 13.5. The van der Waals surface area contributed by atoms with Crippen LogP contribution in [0.1, 0.15) is 60.7 Å². The molecule has 0 unspecified atom stereocenters. The number of amides is 2. The Morgan fingerprint density at radius 1 is 1.05 bits per heavy atom. The minimum absolute atomic E-state index is 0.00338. The fraction of sp³-hybridized carbons (Fsp3) is 0.400. The Labute approximate surface area is 256 Å². The number of nitrogens with zero attached hydrogens (tertiary/aromatic N) is 4. The van der Waals surface area contributed by atoms with Gasteiger partial charge in [0.05, 0.1) is 45.5 Å². The monoisotopic (exact) mass is 626 g/mol. The van der Waals surface area contributed by atoms with Crippen LogP contribution in [0.15, 0.2) is 47.5 Å². The van der Waals surface area contributed by atoms with Gasteiger partial charge in [0.1, 0.15) is 10.8 Å². The van der Waals surface area contributed by atoms with E-state index in [0.717, 1.165) is 25.9 Å². The van der Waals surface area contributed by atoms with Gasteiger partial charge in [-0.2, -0.15) is 4.98 Å². The summed E-state index contributed by atoms with van der Waals surface area (Å²) in [5, 5.41) is 6.32. The maximum atomic E-state index is 13.5. The summed E-state index contributed by atoms with van der Waals surface area (Å²) in [4.78, 5) is 39.4.